The predicted molar refractivity (Wildman–Crippen MR) is 60.4 cm³/mol. The lowest BCUT2D eigenvalue weighted by Crippen LogP contribution is -2.19. The Labute approximate surface area is 93.4 Å². The quantitative estimate of drug-likeness (QED) is 0.806. The molecule has 0 bridgehead atoms. The maximum absolute atomic E-state index is 5.85. The number of fused-ring (bicyclic) bond motifs is 1. The second-order valence-corrected chi connectivity index (χ2v) is 4.10. The highest BCUT2D eigenvalue weighted by atomic mass is 16.5. The third kappa shape index (κ3) is 1.63. The second kappa shape index (κ2) is 3.75. The molecule has 0 amide bonds. The van der Waals surface area contributed by atoms with Gasteiger partial charge in [-0.25, -0.2) is 4.68 Å². The Morgan fingerprint density at radius 1 is 1.50 bits per heavy atom. The average molecular weight is 218 g/mol. The van der Waals surface area contributed by atoms with E-state index in [1.54, 1.807) is 4.68 Å². The van der Waals surface area contributed by atoms with Crippen LogP contribution in [0.25, 0.3) is 11.0 Å². The van der Waals surface area contributed by atoms with Gasteiger partial charge in [0.1, 0.15) is 17.4 Å². The summed E-state index contributed by atoms with van der Waals surface area (Å²) in [5.74, 6) is 0.877. The molecule has 1 unspecified atom stereocenters. The molecule has 0 saturated carbocycles. The van der Waals surface area contributed by atoms with E-state index in [-0.39, 0.29) is 6.10 Å². The van der Waals surface area contributed by atoms with Crippen LogP contribution >= 0.6 is 0 Å². The first-order valence-corrected chi connectivity index (χ1v) is 5.50. The molecule has 1 aromatic carbocycles. The zero-order valence-electron chi connectivity index (χ0n) is 9.18. The van der Waals surface area contributed by atoms with Crippen molar-refractivity contribution in [2.45, 2.75) is 12.5 Å². The number of benzene rings is 1. The molecule has 0 aliphatic carbocycles. The summed E-state index contributed by atoms with van der Waals surface area (Å²) in [7, 11) is 1.89. The minimum absolute atomic E-state index is 0.286. The van der Waals surface area contributed by atoms with Crippen LogP contribution in [0.1, 0.15) is 6.42 Å². The molecule has 16 heavy (non-hydrogen) atoms. The van der Waals surface area contributed by atoms with Crippen LogP contribution in [0.4, 0.5) is 0 Å². The first kappa shape index (κ1) is 9.59. The highest BCUT2D eigenvalue weighted by Crippen LogP contribution is 2.20. The normalized spacial score (nSPS) is 20.4. The molecule has 1 aliphatic heterocycles. The molecule has 2 aromatic rings. The van der Waals surface area contributed by atoms with E-state index in [0.717, 1.165) is 36.3 Å². The monoisotopic (exact) mass is 218 g/mol. The largest absolute Gasteiger partial charge is 0.489 e. The van der Waals surface area contributed by atoms with Gasteiger partial charge in [0.25, 0.3) is 0 Å². The van der Waals surface area contributed by atoms with E-state index in [0.29, 0.717) is 0 Å². The van der Waals surface area contributed by atoms with Crippen molar-refractivity contribution in [3.8, 4) is 5.75 Å². The molecule has 1 aliphatic rings. The van der Waals surface area contributed by atoms with Crippen LogP contribution in [0.2, 0.25) is 0 Å². The lowest BCUT2D eigenvalue weighted by atomic mass is 10.2. The fourth-order valence-corrected chi connectivity index (χ4v) is 2.01. The van der Waals surface area contributed by atoms with Crippen molar-refractivity contribution >= 4 is 11.0 Å². The Morgan fingerprint density at radius 2 is 2.44 bits per heavy atom. The number of aryl methyl sites for hydroxylation is 1. The Hall–Kier alpha value is -1.62. The van der Waals surface area contributed by atoms with Gasteiger partial charge in [0.2, 0.25) is 0 Å². The molecule has 1 saturated heterocycles. The van der Waals surface area contributed by atoms with Gasteiger partial charge >= 0.3 is 0 Å². The molecular weight excluding hydrogens is 204 g/mol. The van der Waals surface area contributed by atoms with E-state index in [4.69, 9.17) is 4.74 Å². The molecule has 1 N–H and O–H groups in total. The zero-order valence-corrected chi connectivity index (χ0v) is 9.18. The van der Waals surface area contributed by atoms with Gasteiger partial charge < -0.3 is 10.1 Å². The molecule has 84 valence electrons. The Bertz CT molecular complexity index is 502. The first-order chi connectivity index (χ1) is 7.83. The number of ether oxygens (including phenoxy) is 1. The van der Waals surface area contributed by atoms with Crippen LogP contribution in [-0.4, -0.2) is 34.2 Å². The van der Waals surface area contributed by atoms with Crippen LogP contribution in [0.5, 0.6) is 5.75 Å². The molecule has 1 aromatic heterocycles. The average Bonchev–Trinajstić information content (AvgIpc) is 2.90. The Morgan fingerprint density at radius 3 is 3.25 bits per heavy atom. The van der Waals surface area contributed by atoms with Crippen LogP contribution < -0.4 is 10.1 Å². The van der Waals surface area contributed by atoms with E-state index in [9.17, 15) is 0 Å². The minimum Gasteiger partial charge on any atom is -0.489 e. The zero-order chi connectivity index (χ0) is 11.0. The maximum atomic E-state index is 5.85. The molecule has 0 spiro atoms. The lowest BCUT2D eigenvalue weighted by Gasteiger charge is -2.11. The van der Waals surface area contributed by atoms with E-state index in [1.165, 1.54) is 0 Å². The van der Waals surface area contributed by atoms with Gasteiger partial charge in [-0.15, -0.1) is 5.10 Å². The van der Waals surface area contributed by atoms with Crippen molar-refractivity contribution in [1.82, 2.24) is 20.3 Å². The highest BCUT2D eigenvalue weighted by molar-refractivity contribution is 5.75. The van der Waals surface area contributed by atoms with Gasteiger partial charge in [0.15, 0.2) is 0 Å². The van der Waals surface area contributed by atoms with Gasteiger partial charge in [-0.05, 0) is 25.1 Å². The maximum Gasteiger partial charge on any atom is 0.122 e. The molecule has 3 rings (SSSR count). The number of nitrogens with one attached hydrogen (secondary N) is 1. The van der Waals surface area contributed by atoms with Crippen LogP contribution in [0, 0.1) is 0 Å². The summed E-state index contributed by atoms with van der Waals surface area (Å²) in [6.45, 7) is 1.97. The minimum atomic E-state index is 0.286. The van der Waals surface area contributed by atoms with E-state index in [1.807, 2.05) is 25.2 Å². The molecule has 2 heterocycles. The number of nitrogens with zero attached hydrogens (tertiary/aromatic N) is 3. The molecule has 1 fully saturated rings. The molecule has 1 atom stereocenters. The SMILES string of the molecule is Cn1nnc2cc(OC3CCNC3)ccc21. The summed E-state index contributed by atoms with van der Waals surface area (Å²) >= 11 is 0. The van der Waals surface area contributed by atoms with Crippen molar-refractivity contribution in [3.63, 3.8) is 0 Å². The number of hydrogen-bond donors (Lipinski definition) is 1. The summed E-state index contributed by atoms with van der Waals surface area (Å²) < 4.78 is 7.61. The first-order valence-electron chi connectivity index (χ1n) is 5.50. The Kier molecular flexibility index (Phi) is 2.25. The second-order valence-electron chi connectivity index (χ2n) is 4.10. The topological polar surface area (TPSA) is 52.0 Å². The van der Waals surface area contributed by atoms with Gasteiger partial charge in [-0.1, -0.05) is 5.21 Å². The van der Waals surface area contributed by atoms with E-state index >= 15 is 0 Å². The molecule has 5 nitrogen and oxygen atoms in total. The van der Waals surface area contributed by atoms with E-state index < -0.39 is 0 Å². The fourth-order valence-electron chi connectivity index (χ4n) is 2.01. The number of aromatic nitrogens is 3. The van der Waals surface area contributed by atoms with Gasteiger partial charge in [-0.3, -0.25) is 0 Å². The third-order valence-corrected chi connectivity index (χ3v) is 2.90. The van der Waals surface area contributed by atoms with Crippen LogP contribution in [-0.2, 0) is 7.05 Å². The van der Waals surface area contributed by atoms with Crippen molar-refractivity contribution in [2.75, 3.05) is 13.1 Å². The standard InChI is InChI=1S/C11H14N4O/c1-15-11-3-2-8(6-10(11)13-14-15)16-9-4-5-12-7-9/h2-3,6,9,12H,4-5,7H2,1H3. The third-order valence-electron chi connectivity index (χ3n) is 2.90. The molecule has 5 heteroatoms. The van der Waals surface area contributed by atoms with Crippen LogP contribution in [0.15, 0.2) is 18.2 Å². The number of hydrogen-bond acceptors (Lipinski definition) is 4. The lowest BCUT2D eigenvalue weighted by molar-refractivity contribution is 0.223. The van der Waals surface area contributed by atoms with Crippen LogP contribution in [0.3, 0.4) is 0 Å². The predicted octanol–water partition coefficient (Wildman–Crippen LogP) is 0.709. The van der Waals surface area contributed by atoms with E-state index in [2.05, 4.69) is 15.6 Å². The summed E-state index contributed by atoms with van der Waals surface area (Å²) in [6.07, 6.45) is 1.35. The van der Waals surface area contributed by atoms with Crippen molar-refractivity contribution < 1.29 is 4.74 Å². The highest BCUT2D eigenvalue weighted by Gasteiger charge is 2.16. The smallest absolute Gasteiger partial charge is 0.122 e. The molecule has 0 radical (unpaired) electrons. The van der Waals surface area contributed by atoms with Crippen molar-refractivity contribution in [2.24, 2.45) is 7.05 Å². The fraction of sp³-hybridized carbons (Fsp3) is 0.455. The summed E-state index contributed by atoms with van der Waals surface area (Å²) in [5, 5.41) is 11.3. The van der Waals surface area contributed by atoms with Gasteiger partial charge in [0, 0.05) is 19.7 Å². The van der Waals surface area contributed by atoms with Gasteiger partial charge in [-0.2, -0.15) is 0 Å². The van der Waals surface area contributed by atoms with Gasteiger partial charge in [0.05, 0.1) is 5.52 Å². The summed E-state index contributed by atoms with van der Waals surface area (Å²) in [4.78, 5) is 0. The summed E-state index contributed by atoms with van der Waals surface area (Å²) in [6, 6.07) is 5.91. The summed E-state index contributed by atoms with van der Waals surface area (Å²) in [5.41, 5.74) is 1.91. The van der Waals surface area contributed by atoms with Crippen molar-refractivity contribution in [1.29, 1.82) is 0 Å². The Balaban J connectivity index is 1.87. The number of rotatable bonds is 2. The van der Waals surface area contributed by atoms with Crippen molar-refractivity contribution in [3.05, 3.63) is 18.2 Å². The molecular formula is C11H14N4O.